The predicted octanol–water partition coefficient (Wildman–Crippen LogP) is 4.86. The van der Waals surface area contributed by atoms with Crippen LogP contribution in [0.3, 0.4) is 0 Å². The molecule has 0 aliphatic heterocycles. The van der Waals surface area contributed by atoms with Crippen LogP contribution in [0.5, 0.6) is 0 Å². The molecule has 0 saturated heterocycles. The van der Waals surface area contributed by atoms with E-state index in [9.17, 15) is 9.59 Å². The van der Waals surface area contributed by atoms with Crippen molar-refractivity contribution >= 4 is 69.0 Å². The van der Waals surface area contributed by atoms with Crippen molar-refractivity contribution in [1.29, 1.82) is 0 Å². The lowest BCUT2D eigenvalue weighted by Crippen LogP contribution is -1.98. The molecule has 0 fully saturated rings. The molecule has 0 aromatic carbocycles. The fraction of sp³-hybridized carbons (Fsp3) is 0.625. The largest absolute Gasteiger partial charge is 0.282 e. The first-order valence-electron chi connectivity index (χ1n) is 7.33. The molecule has 0 atom stereocenters. The van der Waals surface area contributed by atoms with Crippen molar-refractivity contribution < 1.29 is 9.59 Å². The molecule has 0 aliphatic rings. The van der Waals surface area contributed by atoms with Crippen LogP contribution in [0.25, 0.3) is 0 Å². The normalized spacial score (nSPS) is 10.5. The third-order valence-corrected chi connectivity index (χ3v) is 8.39. The van der Waals surface area contributed by atoms with Crippen LogP contribution in [0.4, 0.5) is 0 Å². The summed E-state index contributed by atoms with van der Waals surface area (Å²) in [6.07, 6.45) is 0. The van der Waals surface area contributed by atoms with Gasteiger partial charge in [0.15, 0.2) is 0 Å². The van der Waals surface area contributed by atoms with Crippen LogP contribution in [0.2, 0.25) is 0 Å². The Balaban J connectivity index is 3.19. The van der Waals surface area contributed by atoms with E-state index in [0.29, 0.717) is 11.1 Å². The lowest BCUT2D eigenvalue weighted by molar-refractivity contribution is -0.108. The van der Waals surface area contributed by atoms with Crippen LogP contribution in [0, 0.1) is 0 Å². The smallest absolute Gasteiger partial charge is 0.214 e. The Morgan fingerprint density at radius 1 is 0.609 bits per heavy atom. The molecule has 0 radical (unpaired) electrons. The summed E-state index contributed by atoms with van der Waals surface area (Å²) in [5.74, 6) is 8.38. The zero-order valence-electron chi connectivity index (χ0n) is 13.9. The van der Waals surface area contributed by atoms with Gasteiger partial charge in [0.2, 0.25) is 10.2 Å². The van der Waals surface area contributed by atoms with Gasteiger partial charge in [-0.05, 0) is 25.0 Å². The molecule has 0 rings (SSSR count). The van der Waals surface area contributed by atoms with E-state index < -0.39 is 0 Å². The highest BCUT2D eigenvalue weighted by molar-refractivity contribution is 8.15. The Labute approximate surface area is 162 Å². The van der Waals surface area contributed by atoms with E-state index in [0.717, 1.165) is 46.0 Å². The van der Waals surface area contributed by atoms with Crippen LogP contribution in [0.15, 0.2) is 24.3 Å². The molecule has 0 aromatic rings. The number of carbonyl (C=O) groups excluding carboxylic acids is 2. The number of carbonyl (C=O) groups is 2. The highest BCUT2D eigenvalue weighted by atomic mass is 32.2. The van der Waals surface area contributed by atoms with Gasteiger partial charge in [-0.1, -0.05) is 36.7 Å². The van der Waals surface area contributed by atoms with Crippen LogP contribution in [-0.4, -0.2) is 56.3 Å². The van der Waals surface area contributed by atoms with Crippen LogP contribution in [0.1, 0.15) is 13.8 Å². The van der Waals surface area contributed by atoms with E-state index in [4.69, 9.17) is 0 Å². The summed E-state index contributed by atoms with van der Waals surface area (Å²) in [7, 11) is 0. The number of rotatable bonds is 14. The second-order valence-corrected chi connectivity index (χ2v) is 10.5. The number of hydrogen-bond donors (Lipinski definition) is 0. The maximum absolute atomic E-state index is 11.3. The standard InChI is InChI=1S/C16H26O2S5/c1-13(2)15(17)22-11-9-20-7-5-19-6-8-21-10-12-23-16(18)14(3)4/h1,3,5-12H2,2,4H3. The summed E-state index contributed by atoms with van der Waals surface area (Å²) in [5.41, 5.74) is 1.27. The number of thioether (sulfide) groups is 5. The van der Waals surface area contributed by atoms with Gasteiger partial charge in [-0.3, -0.25) is 9.59 Å². The van der Waals surface area contributed by atoms with E-state index in [2.05, 4.69) is 13.2 Å². The van der Waals surface area contributed by atoms with Gasteiger partial charge >= 0.3 is 0 Å². The maximum Gasteiger partial charge on any atom is 0.214 e. The van der Waals surface area contributed by atoms with E-state index in [-0.39, 0.29) is 10.2 Å². The van der Waals surface area contributed by atoms with E-state index in [1.165, 1.54) is 23.5 Å². The highest BCUT2D eigenvalue weighted by Gasteiger charge is 2.03. The monoisotopic (exact) mass is 410 g/mol. The van der Waals surface area contributed by atoms with Crippen molar-refractivity contribution in [2.24, 2.45) is 0 Å². The van der Waals surface area contributed by atoms with E-state index in [1.54, 1.807) is 13.8 Å². The van der Waals surface area contributed by atoms with Gasteiger partial charge in [-0.15, -0.1) is 0 Å². The molecule has 0 heterocycles. The Kier molecular flexibility index (Phi) is 16.5. The molecule has 0 aromatic heterocycles. The summed E-state index contributed by atoms with van der Waals surface area (Å²) in [6, 6.07) is 0. The van der Waals surface area contributed by atoms with E-state index >= 15 is 0 Å². The summed E-state index contributed by atoms with van der Waals surface area (Å²) in [4.78, 5) is 22.6. The molecule has 2 nitrogen and oxygen atoms in total. The summed E-state index contributed by atoms with van der Waals surface area (Å²) >= 11 is 8.52. The van der Waals surface area contributed by atoms with Gasteiger partial charge in [-0.25, -0.2) is 0 Å². The van der Waals surface area contributed by atoms with Crippen LogP contribution in [-0.2, 0) is 9.59 Å². The van der Waals surface area contributed by atoms with Crippen molar-refractivity contribution in [1.82, 2.24) is 0 Å². The molecule has 0 aliphatic carbocycles. The minimum absolute atomic E-state index is 0.111. The molecule has 0 N–H and O–H groups in total. The summed E-state index contributed by atoms with van der Waals surface area (Å²) < 4.78 is 0. The SMILES string of the molecule is C=C(C)C(=O)SCCSCCSCCSCCSC(=O)C(=C)C. The molecule has 0 spiro atoms. The van der Waals surface area contributed by atoms with Gasteiger partial charge in [0.05, 0.1) is 0 Å². The minimum Gasteiger partial charge on any atom is -0.282 e. The Bertz CT molecular complexity index is 360. The summed E-state index contributed by atoms with van der Waals surface area (Å²) in [6.45, 7) is 10.8. The molecular weight excluding hydrogens is 385 g/mol. The molecule has 23 heavy (non-hydrogen) atoms. The fourth-order valence-electron chi connectivity index (χ4n) is 1.17. The average Bonchev–Trinajstić information content (AvgIpc) is 2.50. The lowest BCUT2D eigenvalue weighted by Gasteiger charge is -2.03. The van der Waals surface area contributed by atoms with Gasteiger partial charge < -0.3 is 0 Å². The highest BCUT2D eigenvalue weighted by Crippen LogP contribution is 2.15. The first-order valence-corrected chi connectivity index (χ1v) is 12.8. The molecule has 0 amide bonds. The minimum atomic E-state index is 0.111. The first kappa shape index (κ1) is 23.6. The molecule has 7 heteroatoms. The second kappa shape index (κ2) is 16.1. The molecule has 0 bridgehead atoms. The van der Waals surface area contributed by atoms with Gasteiger partial charge in [-0.2, -0.15) is 35.3 Å². The van der Waals surface area contributed by atoms with Crippen LogP contribution < -0.4 is 0 Å². The molecule has 132 valence electrons. The topological polar surface area (TPSA) is 34.1 Å². The molecule has 0 unspecified atom stereocenters. The fourth-order valence-corrected chi connectivity index (χ4v) is 6.15. The predicted molar refractivity (Wildman–Crippen MR) is 117 cm³/mol. The quantitative estimate of drug-likeness (QED) is 0.299. The van der Waals surface area contributed by atoms with Crippen molar-refractivity contribution in [3.8, 4) is 0 Å². The maximum atomic E-state index is 11.3. The Morgan fingerprint density at radius 2 is 0.870 bits per heavy atom. The second-order valence-electron chi connectivity index (χ2n) is 4.67. The van der Waals surface area contributed by atoms with Gasteiger partial charge in [0.25, 0.3) is 0 Å². The summed E-state index contributed by atoms with van der Waals surface area (Å²) in [5, 5.41) is 0.222. The number of hydrogen-bond acceptors (Lipinski definition) is 7. The zero-order valence-corrected chi connectivity index (χ0v) is 18.0. The lowest BCUT2D eigenvalue weighted by atomic mass is 10.4. The third-order valence-electron chi connectivity index (χ3n) is 2.36. The Hall–Kier alpha value is 0.570. The molecular formula is C16H26O2S5. The van der Waals surface area contributed by atoms with Crippen LogP contribution >= 0.6 is 58.8 Å². The average molecular weight is 411 g/mol. The Morgan fingerprint density at radius 3 is 1.13 bits per heavy atom. The van der Waals surface area contributed by atoms with Gasteiger partial charge in [0, 0.05) is 46.0 Å². The van der Waals surface area contributed by atoms with Crippen molar-refractivity contribution in [3.05, 3.63) is 24.3 Å². The van der Waals surface area contributed by atoms with Crippen molar-refractivity contribution in [2.75, 3.05) is 46.0 Å². The van der Waals surface area contributed by atoms with Crippen molar-refractivity contribution in [2.45, 2.75) is 13.8 Å². The van der Waals surface area contributed by atoms with E-state index in [1.807, 2.05) is 35.3 Å². The van der Waals surface area contributed by atoms with Gasteiger partial charge in [0.1, 0.15) is 0 Å². The molecule has 0 saturated carbocycles. The first-order chi connectivity index (χ1) is 10.9. The zero-order chi connectivity index (χ0) is 17.5. The third kappa shape index (κ3) is 15.8. The van der Waals surface area contributed by atoms with Crippen molar-refractivity contribution in [3.63, 3.8) is 0 Å².